The van der Waals surface area contributed by atoms with Gasteiger partial charge in [-0.1, -0.05) is 54.6 Å². The van der Waals surface area contributed by atoms with Crippen molar-refractivity contribution >= 4 is 11.8 Å². The minimum atomic E-state index is -0.395. The Hall–Kier alpha value is -2.70. The van der Waals surface area contributed by atoms with E-state index in [9.17, 15) is 9.59 Å². The molecule has 3 aliphatic rings. The van der Waals surface area contributed by atoms with Gasteiger partial charge in [0.15, 0.2) is 0 Å². The average Bonchev–Trinajstić information content (AvgIpc) is 3.79. The Bertz CT molecular complexity index is 1080. The van der Waals surface area contributed by atoms with Crippen molar-refractivity contribution in [1.29, 1.82) is 0 Å². The number of aryl methyl sites for hydroxylation is 1. The SMILES string of the molecule is Cc1ccccc1CN(CCc1ccccc1)C1CCN(C(=O)C2CC2)[C@@H](C(=O)NC2CCC(N)CC2)C1. The highest BCUT2D eigenvalue weighted by Gasteiger charge is 2.43. The van der Waals surface area contributed by atoms with E-state index < -0.39 is 6.04 Å². The smallest absolute Gasteiger partial charge is 0.243 e. The minimum Gasteiger partial charge on any atom is -0.352 e. The lowest BCUT2D eigenvalue weighted by Crippen LogP contribution is -2.59. The van der Waals surface area contributed by atoms with E-state index in [1.807, 2.05) is 4.90 Å². The van der Waals surface area contributed by atoms with E-state index >= 15 is 0 Å². The maximum Gasteiger partial charge on any atom is 0.243 e. The first-order valence-electron chi connectivity index (χ1n) is 14.7. The molecule has 1 saturated heterocycles. The molecule has 2 aromatic rings. The lowest BCUT2D eigenvalue weighted by Gasteiger charge is -2.43. The van der Waals surface area contributed by atoms with E-state index in [1.54, 1.807) is 0 Å². The summed E-state index contributed by atoms with van der Waals surface area (Å²) in [6.45, 7) is 4.61. The summed E-state index contributed by atoms with van der Waals surface area (Å²) in [6, 6.07) is 19.5. The average molecular weight is 517 g/mol. The molecular formula is C32H44N4O2. The zero-order valence-electron chi connectivity index (χ0n) is 22.9. The lowest BCUT2D eigenvalue weighted by atomic mass is 9.90. The van der Waals surface area contributed by atoms with Crippen LogP contribution in [0.15, 0.2) is 54.6 Å². The summed E-state index contributed by atoms with van der Waals surface area (Å²) in [5, 5.41) is 3.32. The van der Waals surface area contributed by atoms with Crippen LogP contribution < -0.4 is 11.1 Å². The Labute approximate surface area is 228 Å². The molecule has 0 aromatic heterocycles. The summed E-state index contributed by atoms with van der Waals surface area (Å²) < 4.78 is 0. The molecule has 1 aliphatic heterocycles. The van der Waals surface area contributed by atoms with Crippen molar-refractivity contribution in [3.05, 3.63) is 71.3 Å². The van der Waals surface area contributed by atoms with Crippen molar-refractivity contribution in [2.75, 3.05) is 13.1 Å². The summed E-state index contributed by atoms with van der Waals surface area (Å²) >= 11 is 0. The zero-order valence-corrected chi connectivity index (χ0v) is 22.9. The van der Waals surface area contributed by atoms with E-state index in [-0.39, 0.29) is 35.9 Å². The van der Waals surface area contributed by atoms with Crippen LogP contribution in [0.25, 0.3) is 0 Å². The van der Waals surface area contributed by atoms with Gasteiger partial charge in [0.05, 0.1) is 0 Å². The number of nitrogens with zero attached hydrogens (tertiary/aromatic N) is 2. The van der Waals surface area contributed by atoms with Gasteiger partial charge in [-0.05, 0) is 81.4 Å². The van der Waals surface area contributed by atoms with Crippen molar-refractivity contribution in [2.24, 2.45) is 11.7 Å². The predicted molar refractivity (Wildman–Crippen MR) is 151 cm³/mol. The number of rotatable bonds is 9. The molecule has 204 valence electrons. The molecule has 3 N–H and O–H groups in total. The highest BCUT2D eigenvalue weighted by atomic mass is 16.2. The fourth-order valence-electron chi connectivity index (χ4n) is 6.23. The number of hydrogen-bond donors (Lipinski definition) is 2. The molecule has 38 heavy (non-hydrogen) atoms. The second-order valence-corrected chi connectivity index (χ2v) is 11.8. The molecular weight excluding hydrogens is 472 g/mol. The van der Waals surface area contributed by atoms with Gasteiger partial charge < -0.3 is 16.0 Å². The monoisotopic (exact) mass is 516 g/mol. The summed E-state index contributed by atoms with van der Waals surface area (Å²) in [4.78, 5) is 31.4. The number of nitrogens with two attached hydrogens (primary N) is 1. The van der Waals surface area contributed by atoms with Crippen LogP contribution in [-0.2, 0) is 22.6 Å². The second-order valence-electron chi connectivity index (χ2n) is 11.8. The molecule has 0 bridgehead atoms. The van der Waals surface area contributed by atoms with E-state index in [2.05, 4.69) is 71.7 Å². The normalized spacial score (nSPS) is 25.8. The number of amides is 2. The highest BCUT2D eigenvalue weighted by molar-refractivity contribution is 5.89. The zero-order chi connectivity index (χ0) is 26.5. The van der Waals surface area contributed by atoms with Crippen LogP contribution in [0.3, 0.4) is 0 Å². The first kappa shape index (κ1) is 26.9. The molecule has 0 spiro atoms. The second kappa shape index (κ2) is 12.4. The molecule has 1 heterocycles. The molecule has 1 unspecified atom stereocenters. The Morgan fingerprint density at radius 2 is 1.66 bits per heavy atom. The topological polar surface area (TPSA) is 78.7 Å². The number of carbonyl (C=O) groups excluding carboxylic acids is 2. The van der Waals surface area contributed by atoms with Gasteiger partial charge in [0, 0.05) is 43.7 Å². The molecule has 6 heteroatoms. The van der Waals surface area contributed by atoms with Crippen LogP contribution in [-0.4, -0.2) is 58.9 Å². The number of nitrogens with one attached hydrogen (secondary N) is 1. The van der Waals surface area contributed by atoms with Crippen LogP contribution >= 0.6 is 0 Å². The molecule has 2 amide bonds. The van der Waals surface area contributed by atoms with Crippen LogP contribution in [0.4, 0.5) is 0 Å². The van der Waals surface area contributed by atoms with Gasteiger partial charge in [-0.2, -0.15) is 0 Å². The van der Waals surface area contributed by atoms with Gasteiger partial charge in [0.1, 0.15) is 6.04 Å². The van der Waals surface area contributed by atoms with Crippen molar-refractivity contribution < 1.29 is 9.59 Å². The molecule has 5 rings (SSSR count). The van der Waals surface area contributed by atoms with E-state index in [0.717, 1.165) is 64.5 Å². The van der Waals surface area contributed by atoms with Gasteiger partial charge >= 0.3 is 0 Å². The molecule has 2 aromatic carbocycles. The van der Waals surface area contributed by atoms with E-state index in [1.165, 1.54) is 16.7 Å². The molecule has 2 aliphatic carbocycles. The maximum atomic E-state index is 13.7. The van der Waals surface area contributed by atoms with E-state index in [0.29, 0.717) is 13.0 Å². The lowest BCUT2D eigenvalue weighted by molar-refractivity contribution is -0.145. The van der Waals surface area contributed by atoms with Gasteiger partial charge in [-0.25, -0.2) is 0 Å². The van der Waals surface area contributed by atoms with Crippen molar-refractivity contribution in [3.63, 3.8) is 0 Å². The molecule has 2 atom stereocenters. The fraction of sp³-hybridized carbons (Fsp3) is 0.562. The van der Waals surface area contributed by atoms with Crippen LogP contribution in [0.2, 0.25) is 0 Å². The Balaban J connectivity index is 1.33. The summed E-state index contributed by atoms with van der Waals surface area (Å²) in [5.74, 6) is 0.336. The number of hydrogen-bond acceptors (Lipinski definition) is 4. The van der Waals surface area contributed by atoms with Crippen molar-refractivity contribution in [1.82, 2.24) is 15.1 Å². The molecule has 0 radical (unpaired) electrons. The van der Waals surface area contributed by atoms with Crippen LogP contribution in [0, 0.1) is 12.8 Å². The first-order chi connectivity index (χ1) is 18.5. The Morgan fingerprint density at radius 1 is 0.947 bits per heavy atom. The Morgan fingerprint density at radius 3 is 2.37 bits per heavy atom. The maximum absolute atomic E-state index is 13.7. The summed E-state index contributed by atoms with van der Waals surface area (Å²) in [5.41, 5.74) is 10.0. The fourth-order valence-corrected chi connectivity index (χ4v) is 6.23. The van der Waals surface area contributed by atoms with Gasteiger partial charge in [0.25, 0.3) is 0 Å². The van der Waals surface area contributed by atoms with Crippen molar-refractivity contribution in [2.45, 2.75) is 95.4 Å². The van der Waals surface area contributed by atoms with Gasteiger partial charge in [-0.15, -0.1) is 0 Å². The molecule has 6 nitrogen and oxygen atoms in total. The third-order valence-corrected chi connectivity index (χ3v) is 8.89. The quantitative estimate of drug-likeness (QED) is 0.524. The summed E-state index contributed by atoms with van der Waals surface area (Å²) in [6.07, 6.45) is 8.24. The number of carbonyl (C=O) groups is 2. The Kier molecular flexibility index (Phi) is 8.80. The third kappa shape index (κ3) is 6.83. The van der Waals surface area contributed by atoms with Gasteiger partial charge in [0.2, 0.25) is 11.8 Å². The van der Waals surface area contributed by atoms with Gasteiger partial charge in [-0.3, -0.25) is 14.5 Å². The van der Waals surface area contributed by atoms with Crippen molar-refractivity contribution in [3.8, 4) is 0 Å². The largest absolute Gasteiger partial charge is 0.352 e. The number of benzene rings is 2. The summed E-state index contributed by atoms with van der Waals surface area (Å²) in [7, 11) is 0. The standard InChI is InChI=1S/C32H44N4O2/c1-23-7-5-6-10-26(23)22-35(19-17-24-8-3-2-4-9-24)29-18-20-36(32(38)25-11-12-25)30(21-29)31(37)34-28-15-13-27(33)14-16-28/h2-10,25,27-30H,11-22,33H2,1H3,(H,34,37)/t27?,28?,29?,30-/m1/s1. The first-order valence-corrected chi connectivity index (χ1v) is 14.7. The molecule has 2 saturated carbocycles. The number of piperidine rings is 1. The van der Waals surface area contributed by atoms with Crippen LogP contribution in [0.5, 0.6) is 0 Å². The number of likely N-dealkylation sites (tertiary alicyclic amines) is 1. The predicted octanol–water partition coefficient (Wildman–Crippen LogP) is 4.20. The minimum absolute atomic E-state index is 0.0306. The van der Waals surface area contributed by atoms with Crippen LogP contribution in [0.1, 0.15) is 68.1 Å². The van der Waals surface area contributed by atoms with E-state index in [4.69, 9.17) is 5.73 Å². The highest BCUT2D eigenvalue weighted by Crippen LogP contribution is 2.34. The molecule has 3 fully saturated rings. The third-order valence-electron chi connectivity index (χ3n) is 8.89.